The number of nitrogens with two attached hydrogens (primary N) is 1. The minimum absolute atomic E-state index is 0.197. The lowest BCUT2D eigenvalue weighted by atomic mass is 9.98. The van der Waals surface area contributed by atoms with Crippen LogP contribution in [0.2, 0.25) is 0 Å². The van der Waals surface area contributed by atoms with Crippen LogP contribution in [0.3, 0.4) is 0 Å². The van der Waals surface area contributed by atoms with Crippen molar-refractivity contribution >= 4 is 21.7 Å². The smallest absolute Gasteiger partial charge is 0.382 e. The van der Waals surface area contributed by atoms with Gasteiger partial charge in [0.2, 0.25) is 0 Å². The van der Waals surface area contributed by atoms with Gasteiger partial charge in [0.1, 0.15) is 0 Å². The van der Waals surface area contributed by atoms with Crippen LogP contribution in [0, 0.1) is 0 Å². The highest BCUT2D eigenvalue weighted by Crippen LogP contribution is 2.26. The molecular formula is C12H18N2O4S. The molecule has 1 aromatic rings. The molecular weight excluding hydrogens is 268 g/mol. The number of hydrogen-bond donors (Lipinski definition) is 2. The average Bonchev–Trinajstić information content (AvgIpc) is 2.36. The Morgan fingerprint density at radius 2 is 1.95 bits per heavy atom. The van der Waals surface area contributed by atoms with Crippen molar-refractivity contribution in [2.75, 3.05) is 10.2 Å². The number of hydrogen-bond acceptors (Lipinski definition) is 4. The van der Waals surface area contributed by atoms with E-state index in [-0.39, 0.29) is 11.8 Å². The topological polar surface area (TPSA) is 92.9 Å². The van der Waals surface area contributed by atoms with Gasteiger partial charge in [0.15, 0.2) is 0 Å². The molecule has 0 atom stereocenters. The Kier molecular flexibility index (Phi) is 4.28. The minimum atomic E-state index is -4.48. The first-order valence-electron chi connectivity index (χ1n) is 6.27. The molecule has 0 heterocycles. The minimum Gasteiger partial charge on any atom is -0.399 e. The molecule has 1 aromatic carbocycles. The number of anilines is 2. The standard InChI is InChI=1S/C12H18N2O4S/c13-10-5-4-6-11(9-10)14(19(15,16)17)18-12-7-2-1-3-8-12/h4-6,9,12H,1-3,7-8,13H2,(H,15,16,17). The summed E-state index contributed by atoms with van der Waals surface area (Å²) in [5, 5.41) is 0. The van der Waals surface area contributed by atoms with Gasteiger partial charge in [-0.15, -0.1) is 4.47 Å². The van der Waals surface area contributed by atoms with Gasteiger partial charge in [0.05, 0.1) is 11.8 Å². The van der Waals surface area contributed by atoms with Gasteiger partial charge < -0.3 is 5.73 Å². The Bertz CT molecular complexity index is 526. The molecule has 6 nitrogen and oxygen atoms in total. The summed E-state index contributed by atoms with van der Waals surface area (Å²) in [4.78, 5) is 5.44. The molecule has 0 spiro atoms. The highest BCUT2D eigenvalue weighted by atomic mass is 32.2. The van der Waals surface area contributed by atoms with Crippen molar-refractivity contribution in [1.82, 2.24) is 0 Å². The van der Waals surface area contributed by atoms with E-state index in [1.165, 1.54) is 12.1 Å². The SMILES string of the molecule is Nc1cccc(N(OC2CCCCC2)S(=O)(=O)O)c1. The molecule has 0 unspecified atom stereocenters. The van der Waals surface area contributed by atoms with Gasteiger partial charge in [-0.3, -0.25) is 9.39 Å². The lowest BCUT2D eigenvalue weighted by molar-refractivity contribution is 0.0349. The first-order chi connectivity index (χ1) is 8.97. The predicted molar refractivity (Wildman–Crippen MR) is 72.8 cm³/mol. The second kappa shape index (κ2) is 5.77. The Labute approximate surface area is 113 Å². The van der Waals surface area contributed by atoms with Gasteiger partial charge in [0, 0.05) is 5.69 Å². The van der Waals surface area contributed by atoms with E-state index in [4.69, 9.17) is 10.6 Å². The second-order valence-corrected chi connectivity index (χ2v) is 5.89. The zero-order valence-electron chi connectivity index (χ0n) is 10.5. The van der Waals surface area contributed by atoms with Crippen molar-refractivity contribution in [3.63, 3.8) is 0 Å². The lowest BCUT2D eigenvalue weighted by Gasteiger charge is -2.28. The third-order valence-electron chi connectivity index (χ3n) is 3.09. The van der Waals surface area contributed by atoms with Gasteiger partial charge in [-0.2, -0.15) is 8.42 Å². The summed E-state index contributed by atoms with van der Waals surface area (Å²) in [5.74, 6) is 0. The van der Waals surface area contributed by atoms with Gasteiger partial charge in [0.25, 0.3) is 0 Å². The third-order valence-corrected chi connectivity index (χ3v) is 3.80. The van der Waals surface area contributed by atoms with Crippen LogP contribution in [-0.4, -0.2) is 19.1 Å². The van der Waals surface area contributed by atoms with E-state index >= 15 is 0 Å². The molecule has 19 heavy (non-hydrogen) atoms. The largest absolute Gasteiger partial charge is 0.399 e. The van der Waals surface area contributed by atoms with Gasteiger partial charge in [-0.25, -0.2) is 0 Å². The van der Waals surface area contributed by atoms with Crippen molar-refractivity contribution in [3.8, 4) is 0 Å². The molecule has 0 aliphatic heterocycles. The Hall–Kier alpha value is -1.31. The van der Waals surface area contributed by atoms with Crippen molar-refractivity contribution in [2.45, 2.75) is 38.2 Å². The van der Waals surface area contributed by atoms with Crippen LogP contribution in [0.15, 0.2) is 24.3 Å². The van der Waals surface area contributed by atoms with Crippen LogP contribution < -0.4 is 10.2 Å². The molecule has 1 aliphatic carbocycles. The fraction of sp³-hybridized carbons (Fsp3) is 0.500. The quantitative estimate of drug-likeness (QED) is 0.502. The van der Waals surface area contributed by atoms with Crippen LogP contribution in [-0.2, 0) is 15.1 Å². The van der Waals surface area contributed by atoms with E-state index in [9.17, 15) is 13.0 Å². The molecule has 1 saturated carbocycles. The van der Waals surface area contributed by atoms with E-state index in [2.05, 4.69) is 0 Å². The summed E-state index contributed by atoms with van der Waals surface area (Å²) in [5.41, 5.74) is 6.22. The van der Waals surface area contributed by atoms with Gasteiger partial charge in [-0.1, -0.05) is 25.3 Å². The fourth-order valence-corrected chi connectivity index (χ4v) is 2.80. The summed E-state index contributed by atoms with van der Waals surface area (Å²) in [6, 6.07) is 6.20. The molecule has 0 radical (unpaired) electrons. The summed E-state index contributed by atoms with van der Waals surface area (Å²) >= 11 is 0. The molecule has 1 fully saturated rings. The molecule has 0 aromatic heterocycles. The van der Waals surface area contributed by atoms with E-state index in [1.807, 2.05) is 0 Å². The summed E-state index contributed by atoms with van der Waals surface area (Å²) in [6.07, 6.45) is 4.51. The maximum absolute atomic E-state index is 11.4. The van der Waals surface area contributed by atoms with Crippen LogP contribution in [0.4, 0.5) is 11.4 Å². The Morgan fingerprint density at radius 1 is 1.26 bits per heavy atom. The highest BCUT2D eigenvalue weighted by molar-refractivity contribution is 7.87. The van der Waals surface area contributed by atoms with Crippen LogP contribution in [0.5, 0.6) is 0 Å². The molecule has 1 aliphatic rings. The molecule has 3 N–H and O–H groups in total. The molecule has 0 amide bonds. The predicted octanol–water partition coefficient (Wildman–Crippen LogP) is 2.14. The third kappa shape index (κ3) is 3.82. The van der Waals surface area contributed by atoms with Gasteiger partial charge in [-0.05, 0) is 31.0 Å². The van der Waals surface area contributed by atoms with Gasteiger partial charge >= 0.3 is 10.3 Å². The molecule has 106 valence electrons. The first kappa shape index (κ1) is 14.1. The highest BCUT2D eigenvalue weighted by Gasteiger charge is 2.26. The lowest BCUT2D eigenvalue weighted by Crippen LogP contribution is -2.35. The Morgan fingerprint density at radius 3 is 2.53 bits per heavy atom. The first-order valence-corrected chi connectivity index (χ1v) is 7.66. The van der Waals surface area contributed by atoms with Crippen LogP contribution >= 0.6 is 0 Å². The normalized spacial score (nSPS) is 17.3. The Balaban J connectivity index is 2.21. The van der Waals surface area contributed by atoms with Crippen LogP contribution in [0.25, 0.3) is 0 Å². The van der Waals surface area contributed by atoms with Crippen molar-refractivity contribution in [3.05, 3.63) is 24.3 Å². The van der Waals surface area contributed by atoms with E-state index < -0.39 is 10.3 Å². The van der Waals surface area contributed by atoms with Crippen molar-refractivity contribution in [1.29, 1.82) is 0 Å². The zero-order valence-corrected chi connectivity index (χ0v) is 11.3. The number of rotatable bonds is 4. The second-order valence-electron chi connectivity index (χ2n) is 4.67. The summed E-state index contributed by atoms with van der Waals surface area (Å²) in [7, 11) is -4.48. The van der Waals surface area contributed by atoms with Crippen molar-refractivity contribution in [2.24, 2.45) is 0 Å². The van der Waals surface area contributed by atoms with Crippen LogP contribution in [0.1, 0.15) is 32.1 Å². The summed E-state index contributed by atoms with van der Waals surface area (Å²) < 4.78 is 32.7. The summed E-state index contributed by atoms with van der Waals surface area (Å²) in [6.45, 7) is 0. The fourth-order valence-electron chi connectivity index (χ4n) is 2.19. The number of nitrogens with zero attached hydrogens (tertiary/aromatic N) is 1. The van der Waals surface area contributed by atoms with E-state index in [0.717, 1.165) is 32.1 Å². The molecule has 7 heteroatoms. The monoisotopic (exact) mass is 286 g/mol. The maximum Gasteiger partial charge on any atom is 0.382 e. The molecule has 2 rings (SSSR count). The number of nitrogen functional groups attached to an aromatic ring is 1. The molecule has 0 saturated heterocycles. The zero-order chi connectivity index (χ0) is 13.9. The average molecular weight is 286 g/mol. The van der Waals surface area contributed by atoms with E-state index in [1.54, 1.807) is 12.1 Å². The maximum atomic E-state index is 11.4. The molecule has 0 bridgehead atoms. The van der Waals surface area contributed by atoms with Crippen molar-refractivity contribution < 1.29 is 17.8 Å². The number of benzene rings is 1. The van der Waals surface area contributed by atoms with E-state index in [0.29, 0.717) is 10.2 Å².